The Hall–Kier alpha value is -1.48. The first-order valence-corrected chi connectivity index (χ1v) is 6.61. The number of rotatable bonds is 5. The van der Waals surface area contributed by atoms with Crippen LogP contribution in [-0.2, 0) is 6.42 Å². The molecule has 0 fully saturated rings. The molecule has 3 nitrogen and oxygen atoms in total. The molecule has 0 aliphatic carbocycles. The average Bonchev–Trinajstić information content (AvgIpc) is 2.81. The largest absolute Gasteiger partial charge is 0.494 e. The Kier molecular flexibility index (Phi) is 4.26. The summed E-state index contributed by atoms with van der Waals surface area (Å²) in [7, 11) is 0. The van der Waals surface area contributed by atoms with Gasteiger partial charge in [-0.05, 0) is 37.6 Å². The molecular formula is C14H17ClN2O. The fourth-order valence-corrected chi connectivity index (χ4v) is 2.04. The first-order chi connectivity index (χ1) is 8.74. The Balaban J connectivity index is 2.24. The average molecular weight is 265 g/mol. The zero-order valence-corrected chi connectivity index (χ0v) is 11.4. The van der Waals surface area contributed by atoms with Crippen LogP contribution in [0.5, 0.6) is 5.75 Å². The van der Waals surface area contributed by atoms with E-state index in [0.717, 1.165) is 34.8 Å². The van der Waals surface area contributed by atoms with Crippen molar-refractivity contribution in [2.75, 3.05) is 12.5 Å². The number of aromatic amines is 1. The van der Waals surface area contributed by atoms with E-state index in [1.165, 1.54) is 0 Å². The van der Waals surface area contributed by atoms with Gasteiger partial charge in [-0.2, -0.15) is 0 Å². The number of alkyl halides is 1. The number of halogens is 1. The van der Waals surface area contributed by atoms with Crippen LogP contribution in [0.25, 0.3) is 11.3 Å². The minimum Gasteiger partial charge on any atom is -0.494 e. The summed E-state index contributed by atoms with van der Waals surface area (Å²) in [6.07, 6.45) is 2.61. The standard InChI is InChI=1S/C14H17ClN2O/c1-3-18-13-5-4-11(8-10(13)2)12-9-16-14(17-12)6-7-15/h4-5,8-9H,3,6-7H2,1-2H3,(H,16,17). The summed E-state index contributed by atoms with van der Waals surface area (Å²) >= 11 is 5.70. The van der Waals surface area contributed by atoms with E-state index in [2.05, 4.69) is 16.0 Å². The van der Waals surface area contributed by atoms with E-state index < -0.39 is 0 Å². The highest BCUT2D eigenvalue weighted by Gasteiger charge is 2.05. The third kappa shape index (κ3) is 2.85. The van der Waals surface area contributed by atoms with Crippen molar-refractivity contribution in [3.63, 3.8) is 0 Å². The molecule has 96 valence electrons. The Morgan fingerprint density at radius 3 is 2.89 bits per heavy atom. The van der Waals surface area contributed by atoms with Gasteiger partial charge in [0.2, 0.25) is 0 Å². The summed E-state index contributed by atoms with van der Waals surface area (Å²) in [5.41, 5.74) is 3.26. The van der Waals surface area contributed by atoms with Gasteiger partial charge in [0, 0.05) is 17.9 Å². The van der Waals surface area contributed by atoms with Crippen molar-refractivity contribution in [1.29, 1.82) is 0 Å². The third-order valence-corrected chi connectivity index (χ3v) is 2.93. The zero-order valence-electron chi connectivity index (χ0n) is 10.7. The van der Waals surface area contributed by atoms with Gasteiger partial charge in [-0.25, -0.2) is 4.98 Å². The number of aromatic nitrogens is 2. The molecule has 2 aromatic rings. The van der Waals surface area contributed by atoms with Crippen LogP contribution < -0.4 is 4.74 Å². The summed E-state index contributed by atoms with van der Waals surface area (Å²) in [5.74, 6) is 2.43. The number of imidazole rings is 1. The molecule has 0 bridgehead atoms. The van der Waals surface area contributed by atoms with Crippen LogP contribution >= 0.6 is 11.6 Å². The maximum absolute atomic E-state index is 5.70. The van der Waals surface area contributed by atoms with E-state index in [4.69, 9.17) is 16.3 Å². The molecule has 0 saturated heterocycles. The normalized spacial score (nSPS) is 10.6. The second-order valence-corrected chi connectivity index (χ2v) is 4.47. The third-order valence-electron chi connectivity index (χ3n) is 2.75. The van der Waals surface area contributed by atoms with Crippen LogP contribution in [0.3, 0.4) is 0 Å². The van der Waals surface area contributed by atoms with Crippen LogP contribution in [0, 0.1) is 6.92 Å². The van der Waals surface area contributed by atoms with Crippen LogP contribution in [0.2, 0.25) is 0 Å². The molecule has 1 aromatic heterocycles. The fraction of sp³-hybridized carbons (Fsp3) is 0.357. The molecule has 0 aliphatic rings. The summed E-state index contributed by atoms with van der Waals surface area (Å²) in [4.78, 5) is 7.57. The van der Waals surface area contributed by atoms with E-state index >= 15 is 0 Å². The van der Waals surface area contributed by atoms with Gasteiger partial charge in [0.25, 0.3) is 0 Å². The summed E-state index contributed by atoms with van der Waals surface area (Å²) in [6, 6.07) is 6.13. The van der Waals surface area contributed by atoms with Crippen LogP contribution in [-0.4, -0.2) is 22.5 Å². The first kappa shape index (κ1) is 13.0. The van der Waals surface area contributed by atoms with E-state index in [-0.39, 0.29) is 0 Å². The van der Waals surface area contributed by atoms with Crippen molar-refractivity contribution in [3.8, 4) is 17.0 Å². The fourth-order valence-electron chi connectivity index (χ4n) is 1.86. The number of nitrogens with one attached hydrogen (secondary N) is 1. The van der Waals surface area contributed by atoms with Gasteiger partial charge in [0.05, 0.1) is 18.5 Å². The Morgan fingerprint density at radius 2 is 2.22 bits per heavy atom. The van der Waals surface area contributed by atoms with Crippen molar-refractivity contribution >= 4 is 11.6 Å². The summed E-state index contributed by atoms with van der Waals surface area (Å²) in [6.45, 7) is 4.72. The molecule has 0 aliphatic heterocycles. The second-order valence-electron chi connectivity index (χ2n) is 4.10. The van der Waals surface area contributed by atoms with Gasteiger partial charge in [-0.3, -0.25) is 0 Å². The Morgan fingerprint density at radius 1 is 1.39 bits per heavy atom. The molecular weight excluding hydrogens is 248 g/mol. The maximum Gasteiger partial charge on any atom is 0.122 e. The lowest BCUT2D eigenvalue weighted by Gasteiger charge is -2.08. The SMILES string of the molecule is CCOc1ccc(-c2cnc(CCCl)[nH]2)cc1C. The number of benzene rings is 1. The number of nitrogens with zero attached hydrogens (tertiary/aromatic N) is 1. The van der Waals surface area contributed by atoms with Gasteiger partial charge in [-0.1, -0.05) is 0 Å². The zero-order chi connectivity index (χ0) is 13.0. The van der Waals surface area contributed by atoms with Crippen molar-refractivity contribution in [2.45, 2.75) is 20.3 Å². The lowest BCUT2D eigenvalue weighted by atomic mass is 10.1. The van der Waals surface area contributed by atoms with Gasteiger partial charge in [0.15, 0.2) is 0 Å². The highest BCUT2D eigenvalue weighted by atomic mass is 35.5. The van der Waals surface area contributed by atoms with E-state index in [9.17, 15) is 0 Å². The minimum atomic E-state index is 0.579. The lowest BCUT2D eigenvalue weighted by molar-refractivity contribution is 0.338. The topological polar surface area (TPSA) is 37.9 Å². The molecule has 0 unspecified atom stereocenters. The number of hydrogen-bond donors (Lipinski definition) is 1. The highest BCUT2D eigenvalue weighted by molar-refractivity contribution is 6.17. The predicted molar refractivity (Wildman–Crippen MR) is 74.4 cm³/mol. The van der Waals surface area contributed by atoms with Crippen LogP contribution in [0.15, 0.2) is 24.4 Å². The van der Waals surface area contributed by atoms with Gasteiger partial charge in [0.1, 0.15) is 11.6 Å². The van der Waals surface area contributed by atoms with Gasteiger partial charge >= 0.3 is 0 Å². The minimum absolute atomic E-state index is 0.579. The van der Waals surface area contributed by atoms with Crippen molar-refractivity contribution in [3.05, 3.63) is 35.8 Å². The molecule has 0 spiro atoms. The molecule has 4 heteroatoms. The Labute approximate surface area is 112 Å². The summed E-state index contributed by atoms with van der Waals surface area (Å²) < 4.78 is 5.53. The monoisotopic (exact) mass is 264 g/mol. The molecule has 0 radical (unpaired) electrons. The number of aryl methyl sites for hydroxylation is 2. The van der Waals surface area contributed by atoms with E-state index in [1.807, 2.05) is 32.2 Å². The molecule has 2 rings (SSSR count). The molecule has 0 saturated carbocycles. The van der Waals surface area contributed by atoms with E-state index in [1.54, 1.807) is 0 Å². The van der Waals surface area contributed by atoms with Crippen molar-refractivity contribution in [2.24, 2.45) is 0 Å². The number of ether oxygens (including phenoxy) is 1. The Bertz CT molecular complexity index is 522. The number of hydrogen-bond acceptors (Lipinski definition) is 2. The van der Waals surface area contributed by atoms with Gasteiger partial charge < -0.3 is 9.72 Å². The second kappa shape index (κ2) is 5.91. The molecule has 1 heterocycles. The summed E-state index contributed by atoms with van der Waals surface area (Å²) in [5, 5.41) is 0. The van der Waals surface area contributed by atoms with Crippen molar-refractivity contribution < 1.29 is 4.74 Å². The predicted octanol–water partition coefficient (Wildman–Crippen LogP) is 3.57. The first-order valence-electron chi connectivity index (χ1n) is 6.08. The molecule has 0 atom stereocenters. The van der Waals surface area contributed by atoms with Crippen LogP contribution in [0.4, 0.5) is 0 Å². The molecule has 18 heavy (non-hydrogen) atoms. The van der Waals surface area contributed by atoms with Crippen molar-refractivity contribution in [1.82, 2.24) is 9.97 Å². The van der Waals surface area contributed by atoms with E-state index in [0.29, 0.717) is 12.5 Å². The quantitative estimate of drug-likeness (QED) is 0.839. The molecule has 1 aromatic carbocycles. The van der Waals surface area contributed by atoms with Crippen LogP contribution in [0.1, 0.15) is 18.3 Å². The van der Waals surface area contributed by atoms with Gasteiger partial charge in [-0.15, -0.1) is 11.6 Å². The number of H-pyrrole nitrogens is 1. The lowest BCUT2D eigenvalue weighted by Crippen LogP contribution is -1.94. The smallest absolute Gasteiger partial charge is 0.122 e. The molecule has 0 amide bonds. The molecule has 1 N–H and O–H groups in total. The maximum atomic E-state index is 5.70. The highest BCUT2D eigenvalue weighted by Crippen LogP contribution is 2.25.